The van der Waals surface area contributed by atoms with Crippen LogP contribution in [-0.4, -0.2) is 28.7 Å². The van der Waals surface area contributed by atoms with Crippen molar-refractivity contribution in [3.05, 3.63) is 44.9 Å². The molecule has 144 valence electrons. The van der Waals surface area contributed by atoms with Crippen molar-refractivity contribution < 1.29 is 9.59 Å². The summed E-state index contributed by atoms with van der Waals surface area (Å²) in [6, 6.07) is 5.47. The summed E-state index contributed by atoms with van der Waals surface area (Å²) in [5, 5.41) is 3.91. The van der Waals surface area contributed by atoms with E-state index in [1.165, 1.54) is 23.4 Å². The fourth-order valence-corrected chi connectivity index (χ4v) is 4.51. The Morgan fingerprint density at radius 2 is 2.04 bits per heavy atom. The Morgan fingerprint density at radius 1 is 1.26 bits per heavy atom. The fraction of sp³-hybridized carbons (Fsp3) is 0.476. The lowest BCUT2D eigenvalue weighted by atomic mass is 10.0. The van der Waals surface area contributed by atoms with Gasteiger partial charge in [-0.05, 0) is 56.7 Å². The van der Waals surface area contributed by atoms with Crippen molar-refractivity contribution in [2.75, 3.05) is 12.4 Å². The lowest BCUT2D eigenvalue weighted by Gasteiger charge is -2.17. The van der Waals surface area contributed by atoms with E-state index in [2.05, 4.69) is 5.32 Å². The molecule has 1 aliphatic carbocycles. The number of carbonyl (C=O) groups is 2. The number of hydrogen-bond donors (Lipinski definition) is 1. The van der Waals surface area contributed by atoms with Gasteiger partial charge in [0.2, 0.25) is 5.91 Å². The highest BCUT2D eigenvalue weighted by atomic mass is 32.1. The van der Waals surface area contributed by atoms with Crippen LogP contribution in [0.15, 0.2) is 18.2 Å². The van der Waals surface area contributed by atoms with Gasteiger partial charge in [-0.15, -0.1) is 11.3 Å². The Hall–Kier alpha value is -2.21. The van der Waals surface area contributed by atoms with Crippen molar-refractivity contribution in [1.29, 1.82) is 0 Å². The summed E-state index contributed by atoms with van der Waals surface area (Å²) >= 11 is 1.73. The number of aromatic nitrogens is 1. The van der Waals surface area contributed by atoms with E-state index in [4.69, 9.17) is 4.98 Å². The van der Waals surface area contributed by atoms with Gasteiger partial charge in [-0.25, -0.2) is 4.98 Å². The standard InChI is InChI=1S/C21H27N3O2S/c1-4-7-19(25)22-17-12-15(11-10-14(17)2)21(26)24(3)13-20-23-16-8-5-6-9-18(16)27-20/h10-12H,4-9,13H2,1-3H3,(H,22,25). The molecule has 5 nitrogen and oxygen atoms in total. The normalized spacial score (nSPS) is 13.1. The molecule has 0 aliphatic heterocycles. The first-order valence-corrected chi connectivity index (χ1v) is 10.4. The van der Waals surface area contributed by atoms with Crippen LogP contribution in [-0.2, 0) is 24.2 Å². The predicted molar refractivity (Wildman–Crippen MR) is 109 cm³/mol. The number of fused-ring (bicyclic) bond motifs is 1. The average molecular weight is 386 g/mol. The molecule has 1 aromatic heterocycles. The molecular weight excluding hydrogens is 358 g/mol. The quantitative estimate of drug-likeness (QED) is 0.804. The molecule has 1 aromatic carbocycles. The molecule has 2 aromatic rings. The second-order valence-electron chi connectivity index (χ2n) is 7.17. The van der Waals surface area contributed by atoms with Gasteiger partial charge in [0, 0.05) is 29.6 Å². The van der Waals surface area contributed by atoms with Crippen LogP contribution in [0.25, 0.3) is 0 Å². The van der Waals surface area contributed by atoms with Crippen LogP contribution in [0.3, 0.4) is 0 Å². The number of rotatable bonds is 6. The maximum atomic E-state index is 12.9. The van der Waals surface area contributed by atoms with E-state index >= 15 is 0 Å². The first-order valence-electron chi connectivity index (χ1n) is 9.61. The zero-order valence-corrected chi connectivity index (χ0v) is 17.1. The minimum Gasteiger partial charge on any atom is -0.335 e. The molecule has 0 unspecified atom stereocenters. The third-order valence-corrected chi connectivity index (χ3v) is 5.99. The van der Waals surface area contributed by atoms with Gasteiger partial charge in [0.1, 0.15) is 5.01 Å². The summed E-state index contributed by atoms with van der Waals surface area (Å²) in [6.07, 6.45) is 5.89. The summed E-state index contributed by atoms with van der Waals surface area (Å²) in [5.74, 6) is -0.0823. The Labute approximate surface area is 164 Å². The van der Waals surface area contributed by atoms with Crippen LogP contribution >= 0.6 is 11.3 Å². The number of thiazole rings is 1. The van der Waals surface area contributed by atoms with Crippen molar-refractivity contribution in [2.24, 2.45) is 0 Å². The van der Waals surface area contributed by atoms with Crippen LogP contribution < -0.4 is 5.32 Å². The third kappa shape index (κ3) is 4.75. The van der Waals surface area contributed by atoms with Gasteiger partial charge in [-0.3, -0.25) is 9.59 Å². The number of benzene rings is 1. The van der Waals surface area contributed by atoms with Crippen LogP contribution in [0.5, 0.6) is 0 Å². The van der Waals surface area contributed by atoms with Crippen molar-refractivity contribution in [3.63, 3.8) is 0 Å². The molecule has 1 N–H and O–H groups in total. The third-order valence-electron chi connectivity index (χ3n) is 4.84. The molecule has 0 bridgehead atoms. The fourth-order valence-electron chi connectivity index (χ4n) is 3.30. The minimum absolute atomic E-state index is 0.0214. The molecule has 0 spiro atoms. The zero-order valence-electron chi connectivity index (χ0n) is 16.3. The van der Waals surface area contributed by atoms with Crippen LogP contribution in [0.1, 0.15) is 64.1 Å². The second kappa shape index (κ2) is 8.65. The molecule has 2 amide bonds. The van der Waals surface area contributed by atoms with E-state index in [0.29, 0.717) is 24.2 Å². The van der Waals surface area contributed by atoms with Crippen molar-refractivity contribution >= 4 is 28.8 Å². The minimum atomic E-state index is -0.0610. The number of amides is 2. The molecule has 0 radical (unpaired) electrons. The molecule has 6 heteroatoms. The van der Waals surface area contributed by atoms with Crippen LogP contribution in [0, 0.1) is 6.92 Å². The van der Waals surface area contributed by atoms with Crippen LogP contribution in [0.4, 0.5) is 5.69 Å². The molecule has 3 rings (SSSR count). The van der Waals surface area contributed by atoms with Gasteiger partial charge < -0.3 is 10.2 Å². The number of aryl methyl sites for hydroxylation is 3. The number of nitrogens with one attached hydrogen (secondary N) is 1. The van der Waals surface area contributed by atoms with Gasteiger partial charge >= 0.3 is 0 Å². The highest BCUT2D eigenvalue weighted by molar-refractivity contribution is 7.11. The lowest BCUT2D eigenvalue weighted by Crippen LogP contribution is -2.26. The molecule has 27 heavy (non-hydrogen) atoms. The molecule has 1 heterocycles. The largest absolute Gasteiger partial charge is 0.335 e. The van der Waals surface area contributed by atoms with E-state index in [0.717, 1.165) is 29.8 Å². The van der Waals surface area contributed by atoms with E-state index < -0.39 is 0 Å². The maximum Gasteiger partial charge on any atom is 0.254 e. The monoisotopic (exact) mass is 385 g/mol. The second-order valence-corrected chi connectivity index (χ2v) is 8.34. The Kier molecular flexibility index (Phi) is 6.26. The molecule has 0 atom stereocenters. The molecule has 0 saturated heterocycles. The van der Waals surface area contributed by atoms with E-state index in [9.17, 15) is 9.59 Å². The zero-order chi connectivity index (χ0) is 19.4. The van der Waals surface area contributed by atoms with Gasteiger partial charge in [0.25, 0.3) is 5.91 Å². The number of hydrogen-bond acceptors (Lipinski definition) is 4. The van der Waals surface area contributed by atoms with Gasteiger partial charge in [0.05, 0.1) is 12.2 Å². The Morgan fingerprint density at radius 3 is 2.78 bits per heavy atom. The van der Waals surface area contributed by atoms with E-state index in [1.54, 1.807) is 29.4 Å². The maximum absolute atomic E-state index is 12.9. The summed E-state index contributed by atoms with van der Waals surface area (Å²) in [5.41, 5.74) is 3.46. The Bertz CT molecular complexity index is 820. The van der Waals surface area contributed by atoms with E-state index in [1.807, 2.05) is 26.0 Å². The Balaban J connectivity index is 1.70. The summed E-state index contributed by atoms with van der Waals surface area (Å²) in [7, 11) is 1.80. The number of anilines is 1. The molecule has 0 saturated carbocycles. The van der Waals surface area contributed by atoms with Gasteiger partial charge in [-0.1, -0.05) is 13.0 Å². The summed E-state index contributed by atoms with van der Waals surface area (Å²) in [6.45, 7) is 4.42. The topological polar surface area (TPSA) is 62.3 Å². The first-order chi connectivity index (χ1) is 13.0. The van der Waals surface area contributed by atoms with Crippen molar-refractivity contribution in [3.8, 4) is 0 Å². The van der Waals surface area contributed by atoms with Crippen molar-refractivity contribution in [2.45, 2.75) is 58.9 Å². The molecular formula is C21H27N3O2S. The van der Waals surface area contributed by atoms with Crippen LogP contribution in [0.2, 0.25) is 0 Å². The first kappa shape index (κ1) is 19.5. The smallest absolute Gasteiger partial charge is 0.254 e. The highest BCUT2D eigenvalue weighted by Crippen LogP contribution is 2.27. The van der Waals surface area contributed by atoms with Gasteiger partial charge in [0.15, 0.2) is 0 Å². The predicted octanol–water partition coefficient (Wildman–Crippen LogP) is 4.34. The van der Waals surface area contributed by atoms with Crippen molar-refractivity contribution in [1.82, 2.24) is 9.88 Å². The van der Waals surface area contributed by atoms with Gasteiger partial charge in [-0.2, -0.15) is 0 Å². The number of nitrogens with zero attached hydrogens (tertiary/aromatic N) is 2. The van der Waals surface area contributed by atoms with E-state index in [-0.39, 0.29) is 11.8 Å². The highest BCUT2D eigenvalue weighted by Gasteiger charge is 2.19. The molecule has 0 fully saturated rings. The average Bonchev–Trinajstić information content (AvgIpc) is 3.05. The summed E-state index contributed by atoms with van der Waals surface area (Å²) in [4.78, 5) is 32.6. The lowest BCUT2D eigenvalue weighted by molar-refractivity contribution is -0.116. The SMILES string of the molecule is CCCC(=O)Nc1cc(C(=O)N(C)Cc2nc3c(s2)CCCC3)ccc1C. The number of carbonyl (C=O) groups excluding carboxylic acids is 2. The molecule has 1 aliphatic rings. The summed E-state index contributed by atoms with van der Waals surface area (Å²) < 4.78 is 0.